The molecule has 3 N–H and O–H groups in total. The van der Waals surface area contributed by atoms with Crippen LogP contribution in [-0.4, -0.2) is 46.1 Å². The lowest BCUT2D eigenvalue weighted by Crippen LogP contribution is -2.43. The molecule has 172 valence electrons. The number of amides is 1. The Labute approximate surface area is 195 Å². The molecule has 2 atom stereocenters. The molecule has 1 saturated carbocycles. The van der Waals surface area contributed by atoms with Crippen molar-refractivity contribution in [2.24, 2.45) is 5.92 Å². The average molecular weight is 483 g/mol. The van der Waals surface area contributed by atoms with Crippen LogP contribution in [0, 0.1) is 11.3 Å². The number of rotatable bonds is 12. The van der Waals surface area contributed by atoms with Crippen molar-refractivity contribution >= 4 is 58.1 Å². The maximum Gasteiger partial charge on any atom is 0.326 e. The summed E-state index contributed by atoms with van der Waals surface area (Å²) < 4.78 is 0. The van der Waals surface area contributed by atoms with Crippen molar-refractivity contribution in [1.82, 2.24) is 5.32 Å². The predicted molar refractivity (Wildman–Crippen MR) is 118 cm³/mol. The maximum atomic E-state index is 12.2. The summed E-state index contributed by atoms with van der Waals surface area (Å²) >= 11 is 12.1. The molecule has 0 aromatic heterocycles. The fourth-order valence-corrected chi connectivity index (χ4v) is 4.01. The molecule has 32 heavy (non-hydrogen) atoms. The van der Waals surface area contributed by atoms with Gasteiger partial charge >= 0.3 is 5.97 Å². The largest absolute Gasteiger partial charge is 0.480 e. The summed E-state index contributed by atoms with van der Waals surface area (Å²) in [7, 11) is 0. The Kier molecular flexibility index (Phi) is 9.53. The first-order valence-electron chi connectivity index (χ1n) is 10.1. The number of ketones is 3. The van der Waals surface area contributed by atoms with Crippen LogP contribution in [0.4, 0.5) is 0 Å². The molecular weight excluding hydrogens is 459 g/mol. The second-order valence-corrected chi connectivity index (χ2v) is 8.64. The molecule has 0 heterocycles. The van der Waals surface area contributed by atoms with Crippen LogP contribution in [0.2, 0.25) is 10.0 Å². The third-order valence-electron chi connectivity index (χ3n) is 5.20. The van der Waals surface area contributed by atoms with Crippen LogP contribution in [-0.2, 0) is 30.4 Å². The predicted octanol–water partition coefficient (Wildman–Crippen LogP) is 3.19. The summed E-state index contributed by atoms with van der Waals surface area (Å²) in [5.41, 5.74) is 0.368. The topological polar surface area (TPSA) is 141 Å². The van der Waals surface area contributed by atoms with Crippen molar-refractivity contribution in [3.05, 3.63) is 33.8 Å². The lowest BCUT2D eigenvalue weighted by atomic mass is 9.99. The molecule has 1 aliphatic rings. The summed E-state index contributed by atoms with van der Waals surface area (Å²) in [5, 5.41) is 20.3. The van der Waals surface area contributed by atoms with E-state index in [9.17, 15) is 29.1 Å². The van der Waals surface area contributed by atoms with E-state index in [4.69, 9.17) is 28.6 Å². The number of Topliss-reactive ketones (excluding diaryl/α,β-unsaturated/α-hetero) is 3. The van der Waals surface area contributed by atoms with Crippen LogP contribution in [0.1, 0.15) is 50.5 Å². The number of carbonyl (C=O) groups excluding carboxylic acids is 4. The first-order valence-corrected chi connectivity index (χ1v) is 10.9. The highest BCUT2D eigenvalue weighted by Crippen LogP contribution is 2.25. The minimum absolute atomic E-state index is 0.0305. The first-order chi connectivity index (χ1) is 15.1. The molecule has 0 saturated heterocycles. The van der Waals surface area contributed by atoms with Gasteiger partial charge in [-0.25, -0.2) is 4.79 Å². The van der Waals surface area contributed by atoms with Gasteiger partial charge in [-0.2, -0.15) is 0 Å². The number of nitrogens with one attached hydrogen (secondary N) is 2. The highest BCUT2D eigenvalue weighted by Gasteiger charge is 2.31. The second-order valence-electron chi connectivity index (χ2n) is 7.83. The van der Waals surface area contributed by atoms with Crippen LogP contribution in [0.5, 0.6) is 0 Å². The zero-order valence-electron chi connectivity index (χ0n) is 17.3. The zero-order valence-corrected chi connectivity index (χ0v) is 18.8. The summed E-state index contributed by atoms with van der Waals surface area (Å²) in [6, 6.07) is 3.60. The van der Waals surface area contributed by atoms with E-state index < -0.39 is 29.6 Å². The normalized spacial score (nSPS) is 16.4. The van der Waals surface area contributed by atoms with Gasteiger partial charge in [-0.05, 0) is 30.5 Å². The lowest BCUT2D eigenvalue weighted by Gasteiger charge is -2.16. The fourth-order valence-electron chi connectivity index (χ4n) is 3.48. The molecule has 8 nitrogen and oxygen atoms in total. The zero-order chi connectivity index (χ0) is 23.8. The smallest absolute Gasteiger partial charge is 0.326 e. The van der Waals surface area contributed by atoms with E-state index in [2.05, 4.69) is 5.32 Å². The van der Waals surface area contributed by atoms with Crippen molar-refractivity contribution in [2.45, 2.75) is 57.4 Å². The quantitative estimate of drug-likeness (QED) is 0.390. The maximum absolute atomic E-state index is 12.2. The summed E-state index contributed by atoms with van der Waals surface area (Å²) in [6.07, 6.45) is -0.127. The molecule has 10 heteroatoms. The fraction of sp³-hybridized carbons (Fsp3) is 0.455. The number of carbonyl (C=O) groups is 5. The van der Waals surface area contributed by atoms with E-state index in [1.807, 2.05) is 0 Å². The van der Waals surface area contributed by atoms with Gasteiger partial charge in [-0.1, -0.05) is 29.3 Å². The third kappa shape index (κ3) is 7.84. The molecule has 0 spiro atoms. The van der Waals surface area contributed by atoms with Crippen molar-refractivity contribution in [3.8, 4) is 0 Å². The standard InChI is InChI=1S/C22H24Cl2N2O6/c23-18-2-1-3-19(24)17(18)11-16(29)10-13(25)9-15(28)6-7-20(22(31)32)26-21(30)12-4-5-14(27)8-12/h1-3,12,20,25H,4-11H2,(H,26,30)(H,31,32)/t12-,20+/m1/s1. The number of aliphatic carboxylic acids is 1. The van der Waals surface area contributed by atoms with E-state index in [1.54, 1.807) is 18.2 Å². The molecule has 1 amide bonds. The molecule has 0 radical (unpaired) electrons. The molecule has 0 aliphatic heterocycles. The number of hydrogen-bond acceptors (Lipinski definition) is 6. The summed E-state index contributed by atoms with van der Waals surface area (Å²) in [5.74, 6) is -3.08. The monoisotopic (exact) mass is 482 g/mol. The van der Waals surface area contributed by atoms with E-state index in [0.29, 0.717) is 28.5 Å². The summed E-state index contributed by atoms with van der Waals surface area (Å²) in [6.45, 7) is 0. The second kappa shape index (κ2) is 11.9. The van der Waals surface area contributed by atoms with Crippen LogP contribution in [0.3, 0.4) is 0 Å². The number of carboxylic acids is 1. The van der Waals surface area contributed by atoms with Crippen LogP contribution >= 0.6 is 23.2 Å². The summed E-state index contributed by atoms with van der Waals surface area (Å²) in [4.78, 5) is 59.3. The minimum atomic E-state index is -1.28. The molecule has 1 aromatic carbocycles. The molecule has 0 unspecified atom stereocenters. The van der Waals surface area contributed by atoms with Crippen molar-refractivity contribution in [2.75, 3.05) is 0 Å². The van der Waals surface area contributed by atoms with Crippen LogP contribution < -0.4 is 5.32 Å². The Balaban J connectivity index is 1.79. The highest BCUT2D eigenvalue weighted by molar-refractivity contribution is 6.36. The van der Waals surface area contributed by atoms with Gasteiger partial charge in [0, 0.05) is 60.2 Å². The number of benzene rings is 1. The molecule has 2 rings (SSSR count). The van der Waals surface area contributed by atoms with Gasteiger partial charge in [0.05, 0.1) is 0 Å². The van der Waals surface area contributed by atoms with Crippen LogP contribution in [0.15, 0.2) is 18.2 Å². The Hall–Kier alpha value is -2.58. The first kappa shape index (κ1) is 25.7. The van der Waals surface area contributed by atoms with Crippen molar-refractivity contribution in [1.29, 1.82) is 5.41 Å². The molecular formula is C22H24Cl2N2O6. The van der Waals surface area contributed by atoms with Crippen molar-refractivity contribution in [3.63, 3.8) is 0 Å². The SMILES string of the molecule is N=C(CC(=O)CC[C@H](NC(=O)[C@@H]1CCC(=O)C1)C(=O)O)CC(=O)Cc1c(Cl)cccc1Cl. The van der Waals surface area contributed by atoms with Gasteiger partial charge in [0.15, 0.2) is 0 Å². The van der Waals surface area contributed by atoms with Gasteiger partial charge in [0.1, 0.15) is 23.4 Å². The minimum Gasteiger partial charge on any atom is -0.480 e. The molecule has 1 fully saturated rings. The van der Waals surface area contributed by atoms with E-state index in [0.717, 1.165) is 0 Å². The molecule has 1 aliphatic carbocycles. The van der Waals surface area contributed by atoms with E-state index in [-0.39, 0.29) is 55.8 Å². The average Bonchev–Trinajstić information content (AvgIpc) is 3.14. The Morgan fingerprint density at radius 1 is 1.12 bits per heavy atom. The van der Waals surface area contributed by atoms with E-state index >= 15 is 0 Å². The third-order valence-corrected chi connectivity index (χ3v) is 5.91. The lowest BCUT2D eigenvalue weighted by molar-refractivity contribution is -0.142. The van der Waals surface area contributed by atoms with Gasteiger partial charge in [-0.15, -0.1) is 0 Å². The highest BCUT2D eigenvalue weighted by atomic mass is 35.5. The van der Waals surface area contributed by atoms with Gasteiger partial charge in [-0.3, -0.25) is 19.2 Å². The van der Waals surface area contributed by atoms with E-state index in [1.165, 1.54) is 0 Å². The number of halogens is 2. The molecule has 0 bridgehead atoms. The van der Waals surface area contributed by atoms with Crippen LogP contribution in [0.25, 0.3) is 0 Å². The van der Waals surface area contributed by atoms with Gasteiger partial charge in [0.25, 0.3) is 0 Å². The van der Waals surface area contributed by atoms with Crippen molar-refractivity contribution < 1.29 is 29.1 Å². The Bertz CT molecular complexity index is 926. The van der Waals surface area contributed by atoms with Gasteiger partial charge in [0.2, 0.25) is 5.91 Å². The Morgan fingerprint density at radius 2 is 1.75 bits per heavy atom. The van der Waals surface area contributed by atoms with Gasteiger partial charge < -0.3 is 15.8 Å². The molecule has 1 aromatic rings. The number of hydrogen-bond donors (Lipinski definition) is 3. The number of carboxylic acid groups (broad SMARTS) is 1. The Morgan fingerprint density at radius 3 is 2.31 bits per heavy atom.